The van der Waals surface area contributed by atoms with Crippen molar-refractivity contribution in [3.63, 3.8) is 0 Å². The Labute approximate surface area is 227 Å². The van der Waals surface area contributed by atoms with Crippen LogP contribution in [0.5, 0.6) is 28.7 Å². The monoisotopic (exact) mass is 560 g/mol. The Bertz CT molecular complexity index is 1390. The molecule has 2 amide bonds. The van der Waals surface area contributed by atoms with Crippen LogP contribution >= 0.6 is 0 Å². The van der Waals surface area contributed by atoms with Gasteiger partial charge in [-0.15, -0.1) is 0 Å². The van der Waals surface area contributed by atoms with Crippen molar-refractivity contribution in [3.8, 4) is 28.7 Å². The van der Waals surface area contributed by atoms with Gasteiger partial charge in [-0.3, -0.25) is 9.59 Å². The van der Waals surface area contributed by atoms with Gasteiger partial charge in [0.2, 0.25) is 11.7 Å². The first kappa shape index (κ1) is 28.1. The summed E-state index contributed by atoms with van der Waals surface area (Å²) in [5, 5.41) is 0. The summed E-state index contributed by atoms with van der Waals surface area (Å²) in [6, 6.07) is 6.19. The maximum atomic E-state index is 13.4. The zero-order valence-corrected chi connectivity index (χ0v) is 23.4. The van der Waals surface area contributed by atoms with Gasteiger partial charge in [-0.1, -0.05) is 0 Å². The molecule has 0 aliphatic carbocycles. The topological polar surface area (TPSA) is 121 Å². The molecular weight excluding hydrogens is 528 g/mol. The number of benzene rings is 2. The van der Waals surface area contributed by atoms with Crippen LogP contribution in [0.3, 0.4) is 0 Å². The molecule has 0 aromatic heterocycles. The predicted molar refractivity (Wildman–Crippen MR) is 143 cm³/mol. The van der Waals surface area contributed by atoms with Crippen molar-refractivity contribution < 1.29 is 41.7 Å². The van der Waals surface area contributed by atoms with Crippen molar-refractivity contribution >= 4 is 27.7 Å². The van der Waals surface area contributed by atoms with E-state index in [0.717, 1.165) is 0 Å². The van der Waals surface area contributed by atoms with Crippen molar-refractivity contribution in [1.29, 1.82) is 0 Å². The van der Waals surface area contributed by atoms with Crippen molar-refractivity contribution in [2.75, 3.05) is 67.5 Å². The number of methoxy groups -OCH3 is 5. The highest BCUT2D eigenvalue weighted by atomic mass is 32.2. The predicted octanol–water partition coefficient (Wildman–Crippen LogP) is 2.28. The molecule has 0 unspecified atom stereocenters. The number of fused-ring (bicyclic) bond motifs is 1. The summed E-state index contributed by atoms with van der Waals surface area (Å²) in [7, 11) is 3.71. The largest absolute Gasteiger partial charge is 0.493 e. The van der Waals surface area contributed by atoms with E-state index in [4.69, 9.17) is 23.7 Å². The Morgan fingerprint density at radius 2 is 1.21 bits per heavy atom. The fraction of sp³-hybridized carbons (Fsp3) is 0.407. The minimum atomic E-state index is -3.64. The normalized spacial score (nSPS) is 16.4. The molecule has 11 nitrogen and oxygen atoms in total. The van der Waals surface area contributed by atoms with Crippen LogP contribution in [0.1, 0.15) is 22.3 Å². The van der Waals surface area contributed by atoms with Gasteiger partial charge in [0.1, 0.15) is 0 Å². The van der Waals surface area contributed by atoms with E-state index in [1.165, 1.54) is 41.6 Å². The van der Waals surface area contributed by atoms with Crippen LogP contribution in [0, 0.1) is 0 Å². The van der Waals surface area contributed by atoms with Crippen LogP contribution < -0.4 is 23.7 Å². The fourth-order valence-electron chi connectivity index (χ4n) is 4.74. The van der Waals surface area contributed by atoms with Crippen LogP contribution in [0.2, 0.25) is 0 Å². The van der Waals surface area contributed by atoms with E-state index in [1.54, 1.807) is 34.1 Å². The number of hydrogen-bond donors (Lipinski definition) is 0. The molecule has 2 aromatic rings. The highest BCUT2D eigenvalue weighted by Gasteiger charge is 2.31. The molecule has 1 fully saturated rings. The fourth-order valence-corrected chi connectivity index (χ4v) is 6.22. The third-order valence-electron chi connectivity index (χ3n) is 6.86. The first-order chi connectivity index (χ1) is 18.7. The van der Waals surface area contributed by atoms with Crippen LogP contribution in [0.4, 0.5) is 0 Å². The van der Waals surface area contributed by atoms with Crippen molar-refractivity contribution in [1.82, 2.24) is 9.80 Å². The van der Waals surface area contributed by atoms with Gasteiger partial charge < -0.3 is 33.5 Å². The lowest BCUT2D eigenvalue weighted by Gasteiger charge is -2.35. The first-order valence-electron chi connectivity index (χ1n) is 12.2. The molecule has 39 heavy (non-hydrogen) atoms. The lowest BCUT2D eigenvalue weighted by Crippen LogP contribution is -2.51. The zero-order chi connectivity index (χ0) is 28.3. The number of piperazine rings is 1. The summed E-state index contributed by atoms with van der Waals surface area (Å²) >= 11 is 0. The molecule has 1 saturated heterocycles. The lowest BCUT2D eigenvalue weighted by molar-refractivity contribution is -0.128. The molecule has 0 bridgehead atoms. The van der Waals surface area contributed by atoms with E-state index in [1.807, 2.05) is 0 Å². The molecule has 0 spiro atoms. The Hall–Kier alpha value is -3.93. The van der Waals surface area contributed by atoms with Crippen LogP contribution in [-0.2, 0) is 14.6 Å². The molecule has 2 aliphatic heterocycles. The smallest absolute Gasteiger partial charge is 0.254 e. The maximum Gasteiger partial charge on any atom is 0.254 e. The lowest BCUT2D eigenvalue weighted by atomic mass is 10.1. The molecule has 0 radical (unpaired) electrons. The SMILES string of the molecule is COc1cc2c(cc1OC)S(=O)(=O)CCC(C(=O)N1CCN(C(=O)c3cc(OC)c(OC)c(OC)c3)CC1)=C2. The summed E-state index contributed by atoms with van der Waals surface area (Å²) in [5.74, 6) is 1.13. The molecule has 0 atom stereocenters. The second-order valence-corrected chi connectivity index (χ2v) is 11.1. The average Bonchev–Trinajstić information content (AvgIpc) is 3.09. The van der Waals surface area contributed by atoms with Crippen LogP contribution in [0.25, 0.3) is 6.08 Å². The Balaban J connectivity index is 1.52. The third-order valence-corrected chi connectivity index (χ3v) is 8.63. The number of hydrogen-bond acceptors (Lipinski definition) is 9. The van der Waals surface area contributed by atoms with Gasteiger partial charge in [0, 0.05) is 43.4 Å². The summed E-state index contributed by atoms with van der Waals surface area (Å²) in [6.07, 6.45) is 1.68. The van der Waals surface area contributed by atoms with E-state index in [9.17, 15) is 18.0 Å². The van der Waals surface area contributed by atoms with Gasteiger partial charge in [-0.2, -0.15) is 0 Å². The van der Waals surface area contributed by atoms with E-state index in [0.29, 0.717) is 71.6 Å². The molecule has 4 rings (SSSR count). The number of carbonyl (C=O) groups excluding carboxylic acids is 2. The van der Waals surface area contributed by atoms with Crippen molar-refractivity contribution in [2.45, 2.75) is 11.3 Å². The summed E-state index contributed by atoms with van der Waals surface area (Å²) < 4.78 is 52.6. The third kappa shape index (κ3) is 5.47. The van der Waals surface area contributed by atoms with E-state index in [2.05, 4.69) is 0 Å². The number of ether oxygens (including phenoxy) is 5. The standard InChI is InChI=1S/C27H32N2O9S/c1-34-20-13-18-12-17(6-11-39(32,33)24(18)16-21(20)35-2)26(30)28-7-9-29(10-8-28)27(31)19-14-22(36-3)25(38-5)23(15-19)37-4/h12-16H,6-11H2,1-5H3. The number of carbonyl (C=O) groups is 2. The van der Waals surface area contributed by atoms with E-state index < -0.39 is 9.84 Å². The van der Waals surface area contributed by atoms with Gasteiger partial charge in [0.05, 0.1) is 46.2 Å². The van der Waals surface area contributed by atoms with Crippen LogP contribution in [0.15, 0.2) is 34.7 Å². The van der Waals surface area contributed by atoms with Crippen molar-refractivity contribution in [3.05, 3.63) is 41.0 Å². The second-order valence-electron chi connectivity index (χ2n) is 8.98. The molecule has 2 aliphatic rings. The number of amides is 2. The number of rotatable bonds is 7. The van der Waals surface area contributed by atoms with Gasteiger partial charge in [-0.25, -0.2) is 8.42 Å². The molecule has 12 heteroatoms. The van der Waals surface area contributed by atoms with Gasteiger partial charge in [0.15, 0.2) is 32.8 Å². The summed E-state index contributed by atoms with van der Waals surface area (Å²) in [5.41, 5.74) is 1.14. The van der Waals surface area contributed by atoms with Gasteiger partial charge >= 0.3 is 0 Å². The Kier molecular flexibility index (Phi) is 8.24. The minimum Gasteiger partial charge on any atom is -0.493 e. The molecule has 210 valence electrons. The zero-order valence-electron chi connectivity index (χ0n) is 22.6. The summed E-state index contributed by atoms with van der Waals surface area (Å²) in [6.45, 7) is 1.23. The molecule has 0 N–H and O–H groups in total. The van der Waals surface area contributed by atoms with Crippen LogP contribution in [-0.4, -0.2) is 97.5 Å². The Morgan fingerprint density at radius 1 is 0.692 bits per heavy atom. The van der Waals surface area contributed by atoms with Gasteiger partial charge in [0.25, 0.3) is 5.91 Å². The Morgan fingerprint density at radius 3 is 1.72 bits per heavy atom. The van der Waals surface area contributed by atoms with E-state index in [-0.39, 0.29) is 28.9 Å². The van der Waals surface area contributed by atoms with E-state index >= 15 is 0 Å². The molecule has 0 saturated carbocycles. The first-order valence-corrected chi connectivity index (χ1v) is 13.9. The van der Waals surface area contributed by atoms with Gasteiger partial charge in [-0.05, 0) is 36.3 Å². The highest BCUT2D eigenvalue weighted by Crippen LogP contribution is 2.39. The quantitative estimate of drug-likeness (QED) is 0.502. The molecular formula is C27H32N2O9S. The average molecular weight is 561 g/mol. The molecule has 2 aromatic carbocycles. The second kappa shape index (κ2) is 11.4. The minimum absolute atomic E-state index is 0.0745. The number of sulfone groups is 1. The maximum absolute atomic E-state index is 13.4. The van der Waals surface area contributed by atoms with Crippen molar-refractivity contribution in [2.24, 2.45) is 0 Å². The summed E-state index contributed by atoms with van der Waals surface area (Å²) in [4.78, 5) is 30.1. The molecule has 2 heterocycles. The number of nitrogens with zero attached hydrogens (tertiary/aromatic N) is 2. The highest BCUT2D eigenvalue weighted by molar-refractivity contribution is 7.91.